The highest BCUT2D eigenvalue weighted by Gasteiger charge is 2.20. The monoisotopic (exact) mass is 388 g/mol. The molecule has 1 aliphatic rings. The molecule has 2 heterocycles. The molecule has 4 rings (SSSR count). The van der Waals surface area contributed by atoms with Crippen molar-refractivity contribution in [3.63, 3.8) is 0 Å². The minimum absolute atomic E-state index is 0.156. The van der Waals surface area contributed by atoms with Gasteiger partial charge in [-0.1, -0.05) is 30.3 Å². The van der Waals surface area contributed by atoms with E-state index in [1.807, 2.05) is 54.7 Å². The van der Waals surface area contributed by atoms with Gasteiger partial charge in [0, 0.05) is 31.7 Å². The maximum Gasteiger partial charge on any atom is 0.256 e. The van der Waals surface area contributed by atoms with Crippen LogP contribution in [0.25, 0.3) is 0 Å². The molecule has 1 saturated heterocycles. The zero-order valence-electron chi connectivity index (χ0n) is 16.4. The molecule has 148 valence electrons. The van der Waals surface area contributed by atoms with E-state index in [0.717, 1.165) is 43.3 Å². The van der Waals surface area contributed by atoms with Crippen molar-refractivity contribution < 1.29 is 9.53 Å². The van der Waals surface area contributed by atoms with E-state index in [1.54, 1.807) is 19.2 Å². The van der Waals surface area contributed by atoms with Crippen LogP contribution in [0.15, 0.2) is 72.9 Å². The number of nitrogens with one attached hydrogen (secondary N) is 1. The first-order chi connectivity index (χ1) is 14.2. The molecule has 0 saturated carbocycles. The molecule has 0 aliphatic carbocycles. The molecule has 1 fully saturated rings. The minimum Gasteiger partial charge on any atom is -0.495 e. The largest absolute Gasteiger partial charge is 0.495 e. The first-order valence-corrected chi connectivity index (χ1v) is 9.70. The zero-order chi connectivity index (χ0) is 20.1. The van der Waals surface area contributed by atoms with Gasteiger partial charge in [0.05, 0.1) is 24.7 Å². The summed E-state index contributed by atoms with van der Waals surface area (Å²) in [6, 6.07) is 21.1. The van der Waals surface area contributed by atoms with Crippen LogP contribution in [-0.2, 0) is 0 Å². The lowest BCUT2D eigenvalue weighted by Crippen LogP contribution is -2.46. The van der Waals surface area contributed by atoms with Crippen LogP contribution in [0.4, 0.5) is 17.2 Å². The Labute approximate surface area is 170 Å². The Hall–Kier alpha value is -3.54. The quantitative estimate of drug-likeness (QED) is 0.723. The maximum atomic E-state index is 12.2. The van der Waals surface area contributed by atoms with Gasteiger partial charge in [0.1, 0.15) is 11.6 Å². The average molecular weight is 388 g/mol. The van der Waals surface area contributed by atoms with Crippen LogP contribution in [0, 0.1) is 0 Å². The molecule has 3 aromatic rings. The Morgan fingerprint density at radius 2 is 1.59 bits per heavy atom. The minimum atomic E-state index is -0.156. The van der Waals surface area contributed by atoms with Crippen molar-refractivity contribution >= 4 is 23.1 Å². The van der Waals surface area contributed by atoms with Crippen molar-refractivity contribution in [2.45, 2.75) is 0 Å². The standard InChI is InChI=1S/C23H24N4O2/c1-29-21-10-6-5-9-20(21)27-15-13-26(14-16-27)19-11-12-22(24-17-19)25-23(28)18-7-3-2-4-8-18/h2-12,17H,13-16H2,1H3,(H,24,25,28). The fourth-order valence-electron chi connectivity index (χ4n) is 3.52. The molecule has 1 aromatic heterocycles. The highest BCUT2D eigenvalue weighted by molar-refractivity contribution is 6.03. The number of piperazine rings is 1. The SMILES string of the molecule is COc1ccccc1N1CCN(c2ccc(NC(=O)c3ccccc3)nc2)CC1. The van der Waals surface area contributed by atoms with Crippen molar-refractivity contribution in [3.8, 4) is 5.75 Å². The Morgan fingerprint density at radius 1 is 0.897 bits per heavy atom. The molecular weight excluding hydrogens is 364 g/mol. The van der Waals surface area contributed by atoms with Crippen molar-refractivity contribution in [3.05, 3.63) is 78.5 Å². The van der Waals surface area contributed by atoms with Crippen LogP contribution < -0.4 is 19.9 Å². The van der Waals surface area contributed by atoms with Gasteiger partial charge in [-0.05, 0) is 36.4 Å². The fraction of sp³-hybridized carbons (Fsp3) is 0.217. The highest BCUT2D eigenvalue weighted by Crippen LogP contribution is 2.29. The van der Waals surface area contributed by atoms with Gasteiger partial charge in [-0.3, -0.25) is 4.79 Å². The topological polar surface area (TPSA) is 57.7 Å². The van der Waals surface area contributed by atoms with E-state index in [0.29, 0.717) is 11.4 Å². The van der Waals surface area contributed by atoms with Gasteiger partial charge in [0.2, 0.25) is 0 Å². The average Bonchev–Trinajstić information content (AvgIpc) is 2.80. The summed E-state index contributed by atoms with van der Waals surface area (Å²) in [5.74, 6) is 1.30. The highest BCUT2D eigenvalue weighted by atomic mass is 16.5. The molecule has 29 heavy (non-hydrogen) atoms. The summed E-state index contributed by atoms with van der Waals surface area (Å²) < 4.78 is 5.49. The van der Waals surface area contributed by atoms with Gasteiger partial charge in [-0.15, -0.1) is 0 Å². The molecule has 0 spiro atoms. The third-order valence-electron chi connectivity index (χ3n) is 5.10. The van der Waals surface area contributed by atoms with Crippen molar-refractivity contribution in [1.29, 1.82) is 0 Å². The van der Waals surface area contributed by atoms with Gasteiger partial charge >= 0.3 is 0 Å². The number of benzene rings is 2. The lowest BCUT2D eigenvalue weighted by molar-refractivity contribution is 0.102. The van der Waals surface area contributed by atoms with Gasteiger partial charge in [-0.2, -0.15) is 0 Å². The Bertz CT molecular complexity index is 952. The summed E-state index contributed by atoms with van der Waals surface area (Å²) >= 11 is 0. The molecule has 0 atom stereocenters. The van der Waals surface area contributed by atoms with Gasteiger partial charge in [0.15, 0.2) is 0 Å². The molecule has 2 aromatic carbocycles. The van der Waals surface area contributed by atoms with Crippen molar-refractivity contribution in [2.24, 2.45) is 0 Å². The summed E-state index contributed by atoms with van der Waals surface area (Å²) in [7, 11) is 1.71. The summed E-state index contributed by atoms with van der Waals surface area (Å²) in [6.07, 6.45) is 1.82. The molecule has 0 bridgehead atoms. The summed E-state index contributed by atoms with van der Waals surface area (Å²) in [4.78, 5) is 21.3. The van der Waals surface area contributed by atoms with Crippen molar-refractivity contribution in [2.75, 3.05) is 48.4 Å². The number of ether oxygens (including phenoxy) is 1. The van der Waals surface area contributed by atoms with Gasteiger partial charge in [-0.25, -0.2) is 4.98 Å². The maximum absolute atomic E-state index is 12.2. The van der Waals surface area contributed by atoms with Crippen LogP contribution in [0.1, 0.15) is 10.4 Å². The van der Waals surface area contributed by atoms with Crippen LogP contribution in [0.2, 0.25) is 0 Å². The number of hydrogen-bond donors (Lipinski definition) is 1. The predicted molar refractivity (Wildman–Crippen MR) is 116 cm³/mol. The Kier molecular flexibility index (Phi) is 5.61. The second-order valence-corrected chi connectivity index (χ2v) is 6.87. The number of methoxy groups -OCH3 is 1. The number of para-hydroxylation sites is 2. The number of carbonyl (C=O) groups excluding carboxylic acids is 1. The summed E-state index contributed by atoms with van der Waals surface area (Å²) in [5.41, 5.74) is 2.81. The van der Waals surface area contributed by atoms with E-state index in [2.05, 4.69) is 26.2 Å². The zero-order valence-corrected chi connectivity index (χ0v) is 16.4. The fourth-order valence-corrected chi connectivity index (χ4v) is 3.52. The van der Waals surface area contributed by atoms with Crippen LogP contribution in [0.5, 0.6) is 5.75 Å². The lowest BCUT2D eigenvalue weighted by atomic mass is 10.2. The third kappa shape index (κ3) is 4.32. The number of aromatic nitrogens is 1. The smallest absolute Gasteiger partial charge is 0.256 e. The molecular formula is C23H24N4O2. The first kappa shape index (κ1) is 18.8. The molecule has 1 amide bonds. The molecule has 0 radical (unpaired) electrons. The number of anilines is 3. The number of rotatable bonds is 5. The lowest BCUT2D eigenvalue weighted by Gasteiger charge is -2.37. The molecule has 1 N–H and O–H groups in total. The van der Waals surface area contributed by atoms with E-state index >= 15 is 0 Å². The number of hydrogen-bond acceptors (Lipinski definition) is 5. The van der Waals surface area contributed by atoms with Crippen LogP contribution in [0.3, 0.4) is 0 Å². The van der Waals surface area contributed by atoms with E-state index < -0.39 is 0 Å². The van der Waals surface area contributed by atoms with Crippen LogP contribution >= 0.6 is 0 Å². The number of amides is 1. The predicted octanol–water partition coefficient (Wildman–Crippen LogP) is 3.67. The summed E-state index contributed by atoms with van der Waals surface area (Å²) in [6.45, 7) is 3.62. The van der Waals surface area contributed by atoms with E-state index in [9.17, 15) is 4.79 Å². The second kappa shape index (κ2) is 8.65. The van der Waals surface area contributed by atoms with Crippen LogP contribution in [-0.4, -0.2) is 44.2 Å². The number of nitrogens with zero attached hydrogens (tertiary/aromatic N) is 3. The third-order valence-corrected chi connectivity index (χ3v) is 5.10. The van der Waals surface area contributed by atoms with Gasteiger partial charge in [0.25, 0.3) is 5.91 Å². The Morgan fingerprint density at radius 3 is 2.28 bits per heavy atom. The molecule has 0 unspecified atom stereocenters. The molecule has 6 heteroatoms. The normalized spacial score (nSPS) is 13.8. The van der Waals surface area contributed by atoms with Gasteiger partial charge < -0.3 is 19.9 Å². The van der Waals surface area contributed by atoms with E-state index in [-0.39, 0.29) is 5.91 Å². The number of carbonyl (C=O) groups is 1. The molecule has 1 aliphatic heterocycles. The summed E-state index contributed by atoms with van der Waals surface area (Å²) in [5, 5.41) is 2.84. The second-order valence-electron chi connectivity index (χ2n) is 6.87. The number of pyridine rings is 1. The Balaban J connectivity index is 1.36. The first-order valence-electron chi connectivity index (χ1n) is 9.70. The van der Waals surface area contributed by atoms with E-state index in [1.165, 1.54) is 0 Å². The van der Waals surface area contributed by atoms with E-state index in [4.69, 9.17) is 4.74 Å². The van der Waals surface area contributed by atoms with Crippen molar-refractivity contribution in [1.82, 2.24) is 4.98 Å². The molecule has 6 nitrogen and oxygen atoms in total.